The van der Waals surface area contributed by atoms with Crippen molar-refractivity contribution in [2.24, 2.45) is 17.2 Å². The van der Waals surface area contributed by atoms with E-state index in [2.05, 4.69) is 0 Å². The van der Waals surface area contributed by atoms with Gasteiger partial charge in [-0.2, -0.15) is 0 Å². The molecule has 0 saturated heterocycles. The molecule has 0 bridgehead atoms. The molecule has 0 spiro atoms. The average molecular weight is 593 g/mol. The van der Waals surface area contributed by atoms with Crippen molar-refractivity contribution in [3.63, 3.8) is 0 Å². The summed E-state index contributed by atoms with van der Waals surface area (Å²) in [6.07, 6.45) is 4.80. The van der Waals surface area contributed by atoms with E-state index in [1.165, 1.54) is 24.3 Å². The maximum Gasteiger partial charge on any atom is 0.123 e. The maximum absolute atomic E-state index is 9.75. The number of phenols is 2. The van der Waals surface area contributed by atoms with E-state index >= 15 is 0 Å². The molecule has 0 aliphatic heterocycles. The van der Waals surface area contributed by atoms with Gasteiger partial charge in [0.05, 0.1) is 26.4 Å². The number of amidine groups is 3. The molecule has 11 N–H and O–H groups in total. The second kappa shape index (κ2) is 16.3. The van der Waals surface area contributed by atoms with E-state index in [9.17, 15) is 10.2 Å². The molecule has 12 nitrogen and oxygen atoms in total. The molecule has 43 heavy (non-hydrogen) atoms. The third kappa shape index (κ3) is 11.3. The van der Waals surface area contributed by atoms with E-state index in [-0.39, 0.29) is 29.0 Å². The quantitative estimate of drug-likeness (QED) is 0.0565. The molecule has 0 aromatic heterocycles. The van der Waals surface area contributed by atoms with E-state index in [0.29, 0.717) is 66.1 Å². The minimum absolute atomic E-state index is 0.00544. The number of nitrogens with two attached hydrogens (primary N) is 3. The first-order valence-corrected chi connectivity index (χ1v) is 14.0. The zero-order chi connectivity index (χ0) is 31.2. The number of aromatic hydroxyl groups is 2. The lowest BCUT2D eigenvalue weighted by Crippen LogP contribution is -2.12. The lowest BCUT2D eigenvalue weighted by Gasteiger charge is -2.12. The lowest BCUT2D eigenvalue weighted by molar-refractivity contribution is 0.271. The molecule has 0 aliphatic carbocycles. The first kappa shape index (κ1) is 32.4. The summed E-state index contributed by atoms with van der Waals surface area (Å²) in [5.41, 5.74) is 18.0. The number of hydrogen-bond acceptors (Lipinski definition) is 9. The predicted octanol–water partition coefficient (Wildman–Crippen LogP) is 4.21. The third-order valence-corrected chi connectivity index (χ3v) is 6.25. The largest absolute Gasteiger partial charge is 0.508 e. The van der Waals surface area contributed by atoms with Crippen molar-refractivity contribution in [1.29, 1.82) is 16.2 Å². The highest BCUT2D eigenvalue weighted by Crippen LogP contribution is 2.25. The average Bonchev–Trinajstić information content (AvgIpc) is 2.95. The van der Waals surface area contributed by atoms with Crippen LogP contribution in [0.25, 0.3) is 0 Å². The van der Waals surface area contributed by atoms with Crippen LogP contribution in [0, 0.1) is 16.2 Å². The van der Waals surface area contributed by atoms with Gasteiger partial charge in [0.25, 0.3) is 0 Å². The first-order chi connectivity index (χ1) is 20.6. The van der Waals surface area contributed by atoms with Crippen molar-refractivity contribution < 1.29 is 29.2 Å². The van der Waals surface area contributed by atoms with Crippen molar-refractivity contribution >= 4 is 17.5 Å². The van der Waals surface area contributed by atoms with Crippen LogP contribution >= 0.6 is 0 Å². The zero-order valence-electron chi connectivity index (χ0n) is 24.0. The van der Waals surface area contributed by atoms with Crippen molar-refractivity contribution in [2.75, 3.05) is 26.4 Å². The smallest absolute Gasteiger partial charge is 0.123 e. The Morgan fingerprint density at radius 3 is 1.02 bits per heavy atom. The number of benzene rings is 3. The van der Waals surface area contributed by atoms with Gasteiger partial charge in [-0.05, 0) is 74.9 Å². The molecule has 3 aromatic rings. The number of ether oxygens (including phenoxy) is 4. The van der Waals surface area contributed by atoms with Crippen molar-refractivity contribution in [2.45, 2.75) is 38.5 Å². The number of phenolic OH excluding ortho intramolecular Hbond substituents is 2. The van der Waals surface area contributed by atoms with Crippen LogP contribution in [0.5, 0.6) is 34.5 Å². The van der Waals surface area contributed by atoms with E-state index < -0.39 is 0 Å². The van der Waals surface area contributed by atoms with Gasteiger partial charge in [0.1, 0.15) is 52.0 Å². The van der Waals surface area contributed by atoms with Crippen LogP contribution in [0.15, 0.2) is 54.6 Å². The van der Waals surface area contributed by atoms with Crippen LogP contribution in [0.1, 0.15) is 55.2 Å². The van der Waals surface area contributed by atoms with Crippen LogP contribution < -0.4 is 36.1 Å². The molecule has 0 atom stereocenters. The number of nitrogen functional groups attached to an aromatic ring is 3. The van der Waals surface area contributed by atoms with Gasteiger partial charge < -0.3 is 46.4 Å². The fourth-order valence-electron chi connectivity index (χ4n) is 4.06. The Balaban J connectivity index is 1.35. The number of hydrogen-bond donors (Lipinski definition) is 8. The van der Waals surface area contributed by atoms with Crippen LogP contribution in [-0.4, -0.2) is 54.1 Å². The zero-order valence-corrected chi connectivity index (χ0v) is 24.0. The van der Waals surface area contributed by atoms with Crippen LogP contribution in [-0.2, 0) is 0 Å². The highest BCUT2D eigenvalue weighted by atomic mass is 16.5. The summed E-state index contributed by atoms with van der Waals surface area (Å²) < 4.78 is 23.1. The van der Waals surface area contributed by atoms with Crippen LogP contribution in [0.2, 0.25) is 0 Å². The third-order valence-electron chi connectivity index (χ3n) is 6.25. The number of rotatable bonds is 19. The predicted molar refractivity (Wildman–Crippen MR) is 165 cm³/mol. The topological polar surface area (TPSA) is 227 Å². The molecule has 0 fully saturated rings. The maximum atomic E-state index is 9.75. The van der Waals surface area contributed by atoms with Gasteiger partial charge in [-0.1, -0.05) is 0 Å². The van der Waals surface area contributed by atoms with Gasteiger partial charge in [-0.3, -0.25) is 16.2 Å². The Morgan fingerprint density at radius 1 is 0.442 bits per heavy atom. The van der Waals surface area contributed by atoms with E-state index in [1.807, 2.05) is 0 Å². The van der Waals surface area contributed by atoms with Gasteiger partial charge in [-0.15, -0.1) is 0 Å². The van der Waals surface area contributed by atoms with Gasteiger partial charge in [0, 0.05) is 34.9 Å². The minimum atomic E-state index is -0.139. The monoisotopic (exact) mass is 592 g/mol. The summed E-state index contributed by atoms with van der Waals surface area (Å²) in [5.74, 6) is 1.69. The summed E-state index contributed by atoms with van der Waals surface area (Å²) >= 11 is 0. The molecule has 3 aromatic carbocycles. The molecule has 0 saturated carbocycles. The van der Waals surface area contributed by atoms with Gasteiger partial charge in [0.15, 0.2) is 0 Å². The molecule has 0 heterocycles. The summed E-state index contributed by atoms with van der Waals surface area (Å²) in [7, 11) is 0. The van der Waals surface area contributed by atoms with E-state index in [0.717, 1.165) is 38.5 Å². The van der Waals surface area contributed by atoms with E-state index in [1.54, 1.807) is 30.3 Å². The lowest BCUT2D eigenvalue weighted by atomic mass is 10.2. The summed E-state index contributed by atoms with van der Waals surface area (Å²) in [6, 6.07) is 14.2. The fraction of sp³-hybridized carbons (Fsp3) is 0.323. The molecule has 230 valence electrons. The molecular formula is C31H40N6O6. The molecule has 3 rings (SSSR count). The molecule has 0 amide bonds. The summed E-state index contributed by atoms with van der Waals surface area (Å²) in [4.78, 5) is 0. The molecule has 0 unspecified atom stereocenters. The Hall–Kier alpha value is -5.13. The number of unbranched alkanes of at least 4 members (excludes halogenated alkanes) is 4. The minimum Gasteiger partial charge on any atom is -0.508 e. The Labute approximate surface area is 250 Å². The second-order valence-corrected chi connectivity index (χ2v) is 9.88. The van der Waals surface area contributed by atoms with Crippen molar-refractivity contribution in [3.8, 4) is 34.5 Å². The summed E-state index contributed by atoms with van der Waals surface area (Å²) in [5, 5.41) is 42.3. The first-order valence-electron chi connectivity index (χ1n) is 14.0. The normalized spacial score (nSPS) is 10.6. The number of nitrogens with one attached hydrogen (secondary N) is 3. The SMILES string of the molecule is N=C(N)c1cc(O)cc(OCCCCCOc2cc(OCCCCCOc3cc(O)cc(C(=N)N)c3)cc(C(=N)N)c2)c1. The second-order valence-electron chi connectivity index (χ2n) is 9.88. The van der Waals surface area contributed by atoms with Crippen LogP contribution in [0.4, 0.5) is 0 Å². The van der Waals surface area contributed by atoms with Crippen LogP contribution in [0.3, 0.4) is 0 Å². The highest BCUT2D eigenvalue weighted by molar-refractivity contribution is 5.96. The van der Waals surface area contributed by atoms with Gasteiger partial charge >= 0.3 is 0 Å². The standard InChI is InChI=1S/C31H40N6O6/c32-29(33)20-11-23(38)17-25(13-20)40-7-3-1-5-9-42-27-15-22(31(36)37)16-28(19-27)43-10-6-2-4-8-41-26-14-21(30(34)35)12-24(39)18-26/h11-19,38-39H,1-10H2,(H3,32,33)(H3,34,35)(H3,36,37). The summed E-state index contributed by atoms with van der Waals surface area (Å²) in [6.45, 7) is 1.83. The Bertz CT molecular complexity index is 1320. The van der Waals surface area contributed by atoms with Crippen molar-refractivity contribution in [1.82, 2.24) is 0 Å². The van der Waals surface area contributed by atoms with E-state index in [4.69, 9.17) is 52.4 Å². The molecular weight excluding hydrogens is 552 g/mol. The van der Waals surface area contributed by atoms with Crippen molar-refractivity contribution in [3.05, 3.63) is 71.3 Å². The van der Waals surface area contributed by atoms with Gasteiger partial charge in [-0.25, -0.2) is 0 Å². The molecule has 0 aliphatic rings. The molecule has 0 radical (unpaired) electrons. The van der Waals surface area contributed by atoms with Gasteiger partial charge in [0.2, 0.25) is 0 Å². The highest BCUT2D eigenvalue weighted by Gasteiger charge is 2.08. The molecule has 12 heteroatoms. The Morgan fingerprint density at radius 2 is 0.721 bits per heavy atom. The fourth-order valence-corrected chi connectivity index (χ4v) is 4.06. The Kier molecular flexibility index (Phi) is 12.3.